The second-order valence-corrected chi connectivity index (χ2v) is 4.06. The molecule has 0 bridgehead atoms. The molecule has 0 aliphatic heterocycles. The lowest BCUT2D eigenvalue weighted by atomic mass is 10.0. The predicted molar refractivity (Wildman–Crippen MR) is 73.4 cm³/mol. The molecule has 0 amide bonds. The number of carbonyl (C=O) groups excluding carboxylic acids is 1. The molecule has 0 radical (unpaired) electrons. The molecule has 0 fully saturated rings. The number of benzene rings is 1. The summed E-state index contributed by atoms with van der Waals surface area (Å²) in [4.78, 5) is 12.2. The number of rotatable bonds is 4. The van der Waals surface area contributed by atoms with Crippen molar-refractivity contribution in [2.45, 2.75) is 20.3 Å². The Morgan fingerprint density at radius 1 is 1.47 bits per heavy atom. The van der Waals surface area contributed by atoms with E-state index in [4.69, 9.17) is 17.3 Å². The van der Waals surface area contributed by atoms with Crippen LogP contribution in [0, 0.1) is 0 Å². The van der Waals surface area contributed by atoms with Gasteiger partial charge >= 0.3 is 0 Å². The maximum Gasteiger partial charge on any atom is 0.194 e. The fraction of sp³-hybridized carbons (Fsp3) is 0.214. The molecule has 1 rings (SSSR count). The first kappa shape index (κ1) is 13.5. The van der Waals surface area contributed by atoms with Crippen molar-refractivity contribution in [2.75, 3.05) is 5.73 Å². The number of hydrogen-bond donors (Lipinski definition) is 1. The summed E-state index contributed by atoms with van der Waals surface area (Å²) >= 11 is 5.87. The van der Waals surface area contributed by atoms with E-state index < -0.39 is 0 Å². The Morgan fingerprint density at radius 3 is 2.76 bits per heavy atom. The summed E-state index contributed by atoms with van der Waals surface area (Å²) in [7, 11) is 0. The first-order chi connectivity index (χ1) is 8.10. The van der Waals surface area contributed by atoms with E-state index in [-0.39, 0.29) is 5.78 Å². The van der Waals surface area contributed by atoms with Gasteiger partial charge in [0.1, 0.15) is 0 Å². The zero-order valence-corrected chi connectivity index (χ0v) is 10.8. The third-order valence-corrected chi connectivity index (χ3v) is 2.53. The van der Waals surface area contributed by atoms with Crippen molar-refractivity contribution in [3.05, 3.63) is 52.6 Å². The van der Waals surface area contributed by atoms with Crippen LogP contribution in [-0.2, 0) is 0 Å². The van der Waals surface area contributed by atoms with Crippen LogP contribution in [0.15, 0.2) is 42.0 Å². The summed E-state index contributed by atoms with van der Waals surface area (Å²) in [5, 5.41) is 0.513. The van der Waals surface area contributed by atoms with E-state index in [0.29, 0.717) is 21.8 Å². The van der Waals surface area contributed by atoms with Crippen molar-refractivity contribution in [1.29, 1.82) is 0 Å². The summed E-state index contributed by atoms with van der Waals surface area (Å²) < 4.78 is 0. The van der Waals surface area contributed by atoms with Crippen LogP contribution in [0.2, 0.25) is 5.02 Å². The van der Waals surface area contributed by atoms with E-state index in [1.54, 1.807) is 24.3 Å². The molecule has 1 aromatic rings. The Morgan fingerprint density at radius 2 is 2.18 bits per heavy atom. The second kappa shape index (κ2) is 6.26. The summed E-state index contributed by atoms with van der Waals surface area (Å²) in [5.74, 6) is -0.0926. The number of allylic oxidation sites excluding steroid dienone is 4. The van der Waals surface area contributed by atoms with E-state index in [2.05, 4.69) is 0 Å². The van der Waals surface area contributed by atoms with E-state index >= 15 is 0 Å². The van der Waals surface area contributed by atoms with Crippen LogP contribution >= 0.6 is 11.6 Å². The summed E-state index contributed by atoms with van der Waals surface area (Å²) in [6, 6.07) is 4.92. The van der Waals surface area contributed by atoms with Crippen LogP contribution in [0.4, 0.5) is 5.69 Å². The largest absolute Gasteiger partial charge is 0.398 e. The molecule has 0 aliphatic rings. The fourth-order valence-corrected chi connectivity index (χ4v) is 1.69. The minimum atomic E-state index is -0.0926. The maximum atomic E-state index is 12.2. The number of halogens is 1. The quantitative estimate of drug-likeness (QED) is 0.379. The molecule has 0 heterocycles. The molecule has 0 unspecified atom stereocenters. The lowest BCUT2D eigenvalue weighted by molar-refractivity contribution is 0.103. The SMILES string of the molecule is C/C=C\C(=C/CC)C(=O)c1cc(Cl)ccc1N. The number of nitrogens with two attached hydrogens (primary N) is 1. The molecule has 90 valence electrons. The molecule has 3 heteroatoms. The van der Waals surface area contributed by atoms with Gasteiger partial charge in [-0.05, 0) is 31.5 Å². The van der Waals surface area contributed by atoms with Gasteiger partial charge in [-0.3, -0.25) is 4.79 Å². The minimum absolute atomic E-state index is 0.0926. The highest BCUT2D eigenvalue weighted by Crippen LogP contribution is 2.21. The Hall–Kier alpha value is -1.54. The highest BCUT2D eigenvalue weighted by molar-refractivity contribution is 6.31. The number of ketones is 1. The molecule has 0 saturated heterocycles. The van der Waals surface area contributed by atoms with E-state index in [1.165, 1.54) is 0 Å². The maximum absolute atomic E-state index is 12.2. The van der Waals surface area contributed by atoms with Crippen molar-refractivity contribution >= 4 is 23.1 Å². The number of nitrogen functional groups attached to an aromatic ring is 1. The van der Waals surface area contributed by atoms with Crippen LogP contribution in [0.3, 0.4) is 0 Å². The van der Waals surface area contributed by atoms with Crippen LogP contribution < -0.4 is 5.73 Å². The summed E-state index contributed by atoms with van der Waals surface area (Å²) in [5.41, 5.74) is 7.34. The molecule has 2 N–H and O–H groups in total. The van der Waals surface area contributed by atoms with Crippen molar-refractivity contribution in [3.63, 3.8) is 0 Å². The van der Waals surface area contributed by atoms with E-state index in [0.717, 1.165) is 6.42 Å². The van der Waals surface area contributed by atoms with Crippen molar-refractivity contribution < 1.29 is 4.79 Å². The Bertz CT molecular complexity index is 475. The van der Waals surface area contributed by atoms with Gasteiger partial charge in [0.25, 0.3) is 0 Å². The molecule has 0 spiro atoms. The lowest BCUT2D eigenvalue weighted by Crippen LogP contribution is -2.05. The third kappa shape index (κ3) is 3.46. The Kier molecular flexibility index (Phi) is 4.98. The van der Waals surface area contributed by atoms with Gasteiger partial charge in [0, 0.05) is 21.8 Å². The molecular weight excluding hydrogens is 234 g/mol. The van der Waals surface area contributed by atoms with Gasteiger partial charge in [-0.1, -0.05) is 36.8 Å². The molecule has 17 heavy (non-hydrogen) atoms. The van der Waals surface area contributed by atoms with Gasteiger partial charge in [-0.15, -0.1) is 0 Å². The zero-order valence-electron chi connectivity index (χ0n) is 10.0. The summed E-state index contributed by atoms with van der Waals surface area (Å²) in [6.45, 7) is 3.86. The third-order valence-electron chi connectivity index (χ3n) is 2.29. The lowest BCUT2D eigenvalue weighted by Gasteiger charge is -2.06. The number of anilines is 1. The number of carbonyl (C=O) groups is 1. The minimum Gasteiger partial charge on any atom is -0.398 e. The first-order valence-electron chi connectivity index (χ1n) is 5.52. The van der Waals surface area contributed by atoms with Crippen molar-refractivity contribution in [3.8, 4) is 0 Å². The van der Waals surface area contributed by atoms with Crippen LogP contribution in [0.1, 0.15) is 30.6 Å². The highest BCUT2D eigenvalue weighted by Gasteiger charge is 2.13. The molecule has 0 atom stereocenters. The Labute approximate surface area is 107 Å². The zero-order chi connectivity index (χ0) is 12.8. The van der Waals surface area contributed by atoms with Crippen LogP contribution in [-0.4, -0.2) is 5.78 Å². The van der Waals surface area contributed by atoms with Gasteiger partial charge in [-0.2, -0.15) is 0 Å². The predicted octanol–water partition coefficient (Wildman–Crippen LogP) is 4.02. The van der Waals surface area contributed by atoms with Crippen LogP contribution in [0.25, 0.3) is 0 Å². The van der Waals surface area contributed by atoms with Gasteiger partial charge in [0.2, 0.25) is 0 Å². The Balaban J connectivity index is 3.18. The van der Waals surface area contributed by atoms with Gasteiger partial charge in [-0.25, -0.2) is 0 Å². The average molecular weight is 250 g/mol. The van der Waals surface area contributed by atoms with Crippen molar-refractivity contribution in [1.82, 2.24) is 0 Å². The number of Topliss-reactive ketones (excluding diaryl/α,β-unsaturated/α-hetero) is 1. The topological polar surface area (TPSA) is 43.1 Å². The van der Waals surface area contributed by atoms with Crippen LogP contribution in [0.5, 0.6) is 0 Å². The van der Waals surface area contributed by atoms with E-state index in [1.807, 2.05) is 26.0 Å². The van der Waals surface area contributed by atoms with Gasteiger partial charge < -0.3 is 5.73 Å². The van der Waals surface area contributed by atoms with E-state index in [9.17, 15) is 4.79 Å². The molecule has 1 aromatic carbocycles. The van der Waals surface area contributed by atoms with Gasteiger partial charge in [0.05, 0.1) is 0 Å². The molecule has 0 aliphatic carbocycles. The molecule has 0 aromatic heterocycles. The number of hydrogen-bond acceptors (Lipinski definition) is 2. The molecular formula is C14H16ClNO. The normalized spacial score (nSPS) is 12.1. The monoisotopic (exact) mass is 249 g/mol. The molecule has 0 saturated carbocycles. The highest BCUT2D eigenvalue weighted by atomic mass is 35.5. The fourth-order valence-electron chi connectivity index (χ4n) is 1.52. The molecule has 2 nitrogen and oxygen atoms in total. The van der Waals surface area contributed by atoms with Crippen molar-refractivity contribution in [2.24, 2.45) is 0 Å². The standard InChI is InChI=1S/C14H16ClNO/c1-3-5-10(6-4-2)14(17)12-9-11(15)7-8-13(12)16/h3,5-9H,4,16H2,1-2H3/b5-3-,10-6+. The summed E-state index contributed by atoms with van der Waals surface area (Å²) in [6.07, 6.45) is 6.29. The second-order valence-electron chi connectivity index (χ2n) is 3.63. The average Bonchev–Trinajstić information content (AvgIpc) is 2.31. The first-order valence-corrected chi connectivity index (χ1v) is 5.90. The van der Waals surface area contributed by atoms with Gasteiger partial charge in [0.15, 0.2) is 5.78 Å². The smallest absolute Gasteiger partial charge is 0.194 e.